The smallest absolute Gasteiger partial charge is 0.264 e. The molecule has 0 spiro atoms. The Morgan fingerprint density at radius 1 is 1.22 bits per heavy atom. The molecule has 1 aromatic rings. The molecule has 1 saturated heterocycles. The fourth-order valence-corrected chi connectivity index (χ4v) is 5.54. The summed E-state index contributed by atoms with van der Waals surface area (Å²) in [6, 6.07) is 4.91. The Hall–Kier alpha value is -2.88. The zero-order valence-corrected chi connectivity index (χ0v) is 19.6. The summed E-state index contributed by atoms with van der Waals surface area (Å²) >= 11 is 0. The summed E-state index contributed by atoms with van der Waals surface area (Å²) in [5.74, 6) is -0.992. The van der Waals surface area contributed by atoms with Crippen LogP contribution in [-0.2, 0) is 24.4 Å². The zero-order valence-electron chi connectivity index (χ0n) is 18.8. The standard InChI is InChI=1S/C22H30N4O5S/c1-15-5-7-17(8-6-15)32(30,31)26-12-10-23-21(29)18(26)13-20(28)24-19-9-11-25(16(2)27)14-22(19,3)4/h5-8,10,12,18-19H,9,11,13-14H2,1-4H3,(H,23,29)(H,24,28). The van der Waals surface area contributed by atoms with Crippen molar-refractivity contribution in [2.24, 2.45) is 5.41 Å². The van der Waals surface area contributed by atoms with E-state index >= 15 is 0 Å². The van der Waals surface area contributed by atoms with Gasteiger partial charge in [0.2, 0.25) is 17.7 Å². The first-order chi connectivity index (χ1) is 14.9. The van der Waals surface area contributed by atoms with E-state index in [1.54, 1.807) is 17.0 Å². The lowest BCUT2D eigenvalue weighted by Crippen LogP contribution is -2.57. The number of aryl methyl sites for hydroxylation is 1. The van der Waals surface area contributed by atoms with Crippen LogP contribution in [0.2, 0.25) is 0 Å². The van der Waals surface area contributed by atoms with E-state index in [2.05, 4.69) is 10.6 Å². The monoisotopic (exact) mass is 462 g/mol. The highest BCUT2D eigenvalue weighted by Crippen LogP contribution is 2.30. The zero-order chi connectivity index (χ0) is 23.7. The maximum Gasteiger partial charge on any atom is 0.264 e. The lowest BCUT2D eigenvalue weighted by Gasteiger charge is -2.44. The van der Waals surface area contributed by atoms with Crippen molar-refractivity contribution in [1.29, 1.82) is 0 Å². The second-order valence-corrected chi connectivity index (χ2v) is 10.9. The average molecular weight is 463 g/mol. The molecular weight excluding hydrogens is 432 g/mol. The number of rotatable bonds is 5. The van der Waals surface area contributed by atoms with E-state index in [-0.39, 0.29) is 28.7 Å². The van der Waals surface area contributed by atoms with Crippen molar-refractivity contribution in [2.75, 3.05) is 13.1 Å². The molecular formula is C22H30N4O5S. The van der Waals surface area contributed by atoms with Crippen LogP contribution in [0.15, 0.2) is 41.6 Å². The number of hydrogen-bond acceptors (Lipinski definition) is 5. The molecule has 2 aliphatic rings. The van der Waals surface area contributed by atoms with Crippen LogP contribution in [0.1, 0.15) is 39.2 Å². The number of piperidine rings is 1. The van der Waals surface area contributed by atoms with E-state index in [0.29, 0.717) is 19.5 Å². The molecule has 3 rings (SSSR count). The minimum absolute atomic E-state index is 0.00882. The highest BCUT2D eigenvalue weighted by atomic mass is 32.2. The lowest BCUT2D eigenvalue weighted by atomic mass is 9.79. The van der Waals surface area contributed by atoms with Crippen LogP contribution < -0.4 is 10.6 Å². The highest BCUT2D eigenvalue weighted by molar-refractivity contribution is 7.89. The van der Waals surface area contributed by atoms with E-state index in [1.807, 2.05) is 20.8 Å². The van der Waals surface area contributed by atoms with Crippen molar-refractivity contribution in [2.45, 2.75) is 57.5 Å². The second kappa shape index (κ2) is 8.93. The molecule has 10 heteroatoms. The van der Waals surface area contributed by atoms with Crippen molar-refractivity contribution in [3.05, 3.63) is 42.2 Å². The Labute approximate surface area is 188 Å². The third-order valence-electron chi connectivity index (χ3n) is 6.04. The second-order valence-electron chi connectivity index (χ2n) is 9.03. The van der Waals surface area contributed by atoms with Gasteiger partial charge < -0.3 is 15.5 Å². The number of carbonyl (C=O) groups is 3. The Kier molecular flexibility index (Phi) is 6.64. The van der Waals surface area contributed by atoms with Gasteiger partial charge in [-0.2, -0.15) is 0 Å². The molecule has 0 aromatic heterocycles. The molecule has 174 valence electrons. The SMILES string of the molecule is CC(=O)N1CCC(NC(=O)CC2C(=O)NC=CN2S(=O)(=O)c2ccc(C)cc2)C(C)(C)C1. The number of hydrogen-bond donors (Lipinski definition) is 2. The van der Waals surface area contributed by atoms with Crippen LogP contribution in [-0.4, -0.2) is 60.5 Å². The fourth-order valence-electron chi connectivity index (χ4n) is 4.09. The maximum absolute atomic E-state index is 13.2. The molecule has 2 heterocycles. The number of sulfonamides is 1. The van der Waals surface area contributed by atoms with E-state index in [4.69, 9.17) is 0 Å². The van der Waals surface area contributed by atoms with Gasteiger partial charge in [-0.1, -0.05) is 31.5 Å². The fraction of sp³-hybridized carbons (Fsp3) is 0.500. The van der Waals surface area contributed by atoms with Gasteiger partial charge in [0.25, 0.3) is 10.0 Å². The number of nitrogens with one attached hydrogen (secondary N) is 2. The van der Waals surface area contributed by atoms with E-state index < -0.39 is 27.9 Å². The quantitative estimate of drug-likeness (QED) is 0.680. The summed E-state index contributed by atoms with van der Waals surface area (Å²) in [5.41, 5.74) is 0.548. The Balaban J connectivity index is 1.75. The minimum atomic E-state index is -4.02. The molecule has 0 aliphatic carbocycles. The molecule has 2 atom stereocenters. The molecule has 2 N–H and O–H groups in total. The van der Waals surface area contributed by atoms with Gasteiger partial charge in [0.1, 0.15) is 6.04 Å². The maximum atomic E-state index is 13.2. The number of amides is 3. The van der Waals surface area contributed by atoms with Gasteiger partial charge in [0.05, 0.1) is 11.3 Å². The molecule has 0 saturated carbocycles. The Bertz CT molecular complexity index is 1030. The summed E-state index contributed by atoms with van der Waals surface area (Å²) in [6.07, 6.45) is 2.79. The first-order valence-electron chi connectivity index (χ1n) is 10.5. The summed E-state index contributed by atoms with van der Waals surface area (Å²) in [7, 11) is -4.02. The molecule has 32 heavy (non-hydrogen) atoms. The minimum Gasteiger partial charge on any atom is -0.353 e. The Morgan fingerprint density at radius 2 is 1.88 bits per heavy atom. The van der Waals surface area contributed by atoms with Gasteiger partial charge in [-0.25, -0.2) is 8.42 Å². The molecule has 0 radical (unpaired) electrons. The largest absolute Gasteiger partial charge is 0.353 e. The van der Waals surface area contributed by atoms with E-state index in [1.165, 1.54) is 31.5 Å². The van der Waals surface area contributed by atoms with Gasteiger partial charge in [0.15, 0.2) is 0 Å². The summed E-state index contributed by atoms with van der Waals surface area (Å²) in [5, 5.41) is 5.44. The summed E-state index contributed by atoms with van der Waals surface area (Å²) in [4.78, 5) is 38.9. The highest BCUT2D eigenvalue weighted by Gasteiger charge is 2.40. The van der Waals surface area contributed by atoms with Gasteiger partial charge >= 0.3 is 0 Å². The number of likely N-dealkylation sites (tertiary alicyclic amines) is 1. The van der Waals surface area contributed by atoms with Gasteiger partial charge in [-0.3, -0.25) is 18.7 Å². The lowest BCUT2D eigenvalue weighted by molar-refractivity contribution is -0.134. The Morgan fingerprint density at radius 3 is 2.47 bits per heavy atom. The molecule has 0 bridgehead atoms. The number of carbonyl (C=O) groups excluding carboxylic acids is 3. The van der Waals surface area contributed by atoms with Crippen molar-refractivity contribution >= 4 is 27.7 Å². The van der Waals surface area contributed by atoms with Crippen LogP contribution in [0.3, 0.4) is 0 Å². The predicted octanol–water partition coefficient (Wildman–Crippen LogP) is 1.11. The first kappa shape index (κ1) is 23.8. The molecule has 2 unspecified atom stereocenters. The van der Waals surface area contributed by atoms with Crippen LogP contribution >= 0.6 is 0 Å². The molecule has 2 aliphatic heterocycles. The summed E-state index contributed by atoms with van der Waals surface area (Å²) in [6.45, 7) is 8.35. The number of benzene rings is 1. The van der Waals surface area contributed by atoms with Gasteiger partial charge in [0, 0.05) is 43.9 Å². The van der Waals surface area contributed by atoms with E-state index in [9.17, 15) is 22.8 Å². The van der Waals surface area contributed by atoms with Crippen molar-refractivity contribution < 1.29 is 22.8 Å². The van der Waals surface area contributed by atoms with Crippen molar-refractivity contribution in [1.82, 2.24) is 19.8 Å². The summed E-state index contributed by atoms with van der Waals surface area (Å²) < 4.78 is 27.3. The molecule has 1 aromatic carbocycles. The molecule has 3 amide bonds. The topological polar surface area (TPSA) is 116 Å². The van der Waals surface area contributed by atoms with E-state index in [0.717, 1.165) is 9.87 Å². The first-order valence-corrected chi connectivity index (χ1v) is 12.0. The third-order valence-corrected chi connectivity index (χ3v) is 7.84. The molecule has 1 fully saturated rings. The van der Waals surface area contributed by atoms with Crippen LogP contribution in [0.5, 0.6) is 0 Å². The predicted molar refractivity (Wildman–Crippen MR) is 118 cm³/mol. The molecule has 9 nitrogen and oxygen atoms in total. The van der Waals surface area contributed by atoms with Gasteiger partial charge in [-0.05, 0) is 25.5 Å². The van der Waals surface area contributed by atoms with Gasteiger partial charge in [-0.15, -0.1) is 0 Å². The van der Waals surface area contributed by atoms with Crippen molar-refractivity contribution in [3.63, 3.8) is 0 Å². The van der Waals surface area contributed by atoms with Crippen LogP contribution in [0, 0.1) is 12.3 Å². The normalized spacial score (nSPS) is 22.9. The third kappa shape index (κ3) is 4.95. The van der Waals surface area contributed by atoms with Crippen molar-refractivity contribution in [3.8, 4) is 0 Å². The van der Waals surface area contributed by atoms with Crippen LogP contribution in [0.4, 0.5) is 0 Å². The van der Waals surface area contributed by atoms with Crippen LogP contribution in [0.25, 0.3) is 0 Å². The number of nitrogens with zero attached hydrogens (tertiary/aromatic N) is 2. The average Bonchev–Trinajstić information content (AvgIpc) is 2.71.